The lowest BCUT2D eigenvalue weighted by atomic mass is 9.95. The van der Waals surface area contributed by atoms with E-state index in [-0.39, 0.29) is 24.9 Å². The molecule has 32 heavy (non-hydrogen) atoms. The van der Waals surface area contributed by atoms with Crippen molar-refractivity contribution >= 4 is 22.5 Å². The molecule has 0 bridgehead atoms. The number of carbonyl (C=O) groups excluding carboxylic acids is 1. The molecule has 3 heterocycles. The molecule has 0 spiro atoms. The van der Waals surface area contributed by atoms with Crippen LogP contribution in [0.25, 0.3) is 0 Å². The number of aromatic nitrogens is 2. The molecule has 1 aliphatic heterocycles. The molecule has 0 saturated heterocycles. The zero-order valence-electron chi connectivity index (χ0n) is 17.7. The van der Waals surface area contributed by atoms with Gasteiger partial charge in [-0.3, -0.25) is 10.1 Å². The molecule has 8 nitrogen and oxygen atoms in total. The molecule has 0 fully saturated rings. The number of pyridine rings is 1. The molecule has 2 aromatic heterocycles. The number of benzene rings is 1. The summed E-state index contributed by atoms with van der Waals surface area (Å²) in [7, 11) is 0. The molecule has 1 aliphatic carbocycles. The lowest BCUT2D eigenvalue weighted by Crippen LogP contribution is -2.31. The summed E-state index contributed by atoms with van der Waals surface area (Å²) < 4.78 is 10.8. The Labute approximate surface area is 189 Å². The van der Waals surface area contributed by atoms with Crippen molar-refractivity contribution in [1.29, 1.82) is 0 Å². The summed E-state index contributed by atoms with van der Waals surface area (Å²) in [6, 6.07) is 7.42. The molecular weight excluding hydrogens is 428 g/mol. The van der Waals surface area contributed by atoms with Gasteiger partial charge in [-0.15, -0.1) is 11.3 Å². The highest BCUT2D eigenvalue weighted by Gasteiger charge is 2.16. The monoisotopic (exact) mass is 452 g/mol. The first-order valence-electron chi connectivity index (χ1n) is 10.7. The van der Waals surface area contributed by atoms with Crippen LogP contribution >= 0.6 is 11.3 Å². The van der Waals surface area contributed by atoms with Crippen LogP contribution < -0.4 is 25.7 Å². The van der Waals surface area contributed by atoms with Crippen LogP contribution in [0.4, 0.5) is 9.93 Å². The lowest BCUT2D eigenvalue weighted by Gasteiger charge is -2.16. The number of nitrogens with one attached hydrogen (secondary N) is 3. The van der Waals surface area contributed by atoms with Crippen LogP contribution in [0.3, 0.4) is 0 Å². The van der Waals surface area contributed by atoms with Gasteiger partial charge in [0.2, 0.25) is 6.79 Å². The van der Waals surface area contributed by atoms with Gasteiger partial charge in [0.1, 0.15) is 0 Å². The van der Waals surface area contributed by atoms with Gasteiger partial charge in [0.05, 0.1) is 5.69 Å². The number of amides is 2. The Hall–Kier alpha value is -3.33. The van der Waals surface area contributed by atoms with E-state index in [4.69, 9.17) is 9.47 Å². The zero-order valence-corrected chi connectivity index (χ0v) is 18.6. The number of hydrogen-bond acceptors (Lipinski definition) is 6. The van der Waals surface area contributed by atoms with Crippen molar-refractivity contribution in [1.82, 2.24) is 15.3 Å². The van der Waals surface area contributed by atoms with Crippen LogP contribution in [0.5, 0.6) is 11.5 Å². The molecule has 9 heteroatoms. The average molecular weight is 453 g/mol. The van der Waals surface area contributed by atoms with Gasteiger partial charge in [-0.25, -0.2) is 9.78 Å². The summed E-state index contributed by atoms with van der Waals surface area (Å²) in [6.07, 6.45) is 4.80. The maximum Gasteiger partial charge on any atom is 0.321 e. The van der Waals surface area contributed by atoms with E-state index in [0.717, 1.165) is 59.0 Å². The molecule has 3 N–H and O–H groups in total. The van der Waals surface area contributed by atoms with Crippen molar-refractivity contribution in [3.63, 3.8) is 0 Å². The van der Waals surface area contributed by atoms with Crippen molar-refractivity contribution in [3.8, 4) is 11.5 Å². The SMILES string of the molecule is Cc1nc(NC(=O)NCc2cc3c([nH]c2=O)CCCC3)sc1Cc1ccc2c(c1)OCO2. The molecule has 0 unspecified atom stereocenters. The number of thiazole rings is 1. The molecular formula is C23H24N4O4S. The highest BCUT2D eigenvalue weighted by molar-refractivity contribution is 7.15. The van der Waals surface area contributed by atoms with Crippen molar-refractivity contribution < 1.29 is 14.3 Å². The van der Waals surface area contributed by atoms with Gasteiger partial charge in [-0.1, -0.05) is 6.07 Å². The minimum atomic E-state index is -0.384. The molecule has 2 amide bonds. The second kappa shape index (κ2) is 8.66. The number of fused-ring (bicyclic) bond motifs is 2. The van der Waals surface area contributed by atoms with Crippen LogP contribution in [-0.2, 0) is 25.8 Å². The Bertz CT molecular complexity index is 1230. The summed E-state index contributed by atoms with van der Waals surface area (Å²) in [5, 5.41) is 6.07. The standard InChI is InChI=1S/C23H24N4O4S/c1-13-20(9-14-6-7-18-19(8-14)31-12-30-18)32-23(25-13)27-22(29)24-11-16-10-15-4-2-3-5-17(15)26-21(16)28/h6-8,10H,2-5,9,11-12H2,1H3,(H,26,28)(H2,24,25,27,29). The number of ether oxygens (including phenoxy) is 2. The third-order valence-corrected chi connectivity index (χ3v) is 6.84. The highest BCUT2D eigenvalue weighted by Crippen LogP contribution is 2.34. The zero-order chi connectivity index (χ0) is 22.1. The van der Waals surface area contributed by atoms with Crippen molar-refractivity contribution in [2.24, 2.45) is 0 Å². The summed E-state index contributed by atoms with van der Waals surface area (Å²) in [6.45, 7) is 2.34. The number of aromatic amines is 1. The quantitative estimate of drug-likeness (QED) is 0.548. The smallest absolute Gasteiger partial charge is 0.321 e. The van der Waals surface area contributed by atoms with E-state index in [0.29, 0.717) is 17.1 Å². The Balaban J connectivity index is 1.20. The number of hydrogen-bond donors (Lipinski definition) is 3. The van der Waals surface area contributed by atoms with Crippen LogP contribution in [0, 0.1) is 6.92 Å². The molecule has 1 aromatic carbocycles. The minimum absolute atomic E-state index is 0.137. The van der Waals surface area contributed by atoms with Crippen LogP contribution in [0.2, 0.25) is 0 Å². The third-order valence-electron chi connectivity index (χ3n) is 5.77. The maximum atomic E-state index is 12.4. The van der Waals surface area contributed by atoms with Crippen LogP contribution in [0.1, 0.15) is 45.8 Å². The van der Waals surface area contributed by atoms with Crippen LogP contribution in [-0.4, -0.2) is 22.8 Å². The number of H-pyrrole nitrogens is 1. The Morgan fingerprint density at radius 3 is 2.94 bits per heavy atom. The highest BCUT2D eigenvalue weighted by atomic mass is 32.1. The maximum absolute atomic E-state index is 12.4. The largest absolute Gasteiger partial charge is 0.454 e. The van der Waals surface area contributed by atoms with E-state index in [9.17, 15) is 9.59 Å². The Morgan fingerprint density at radius 1 is 1.19 bits per heavy atom. The fourth-order valence-electron chi connectivity index (χ4n) is 4.05. The van der Waals surface area contributed by atoms with Gasteiger partial charge >= 0.3 is 6.03 Å². The number of rotatable bonds is 5. The number of urea groups is 1. The molecule has 5 rings (SSSR count). The van der Waals surface area contributed by atoms with Gasteiger partial charge < -0.3 is 19.8 Å². The van der Waals surface area contributed by atoms with Crippen LogP contribution in [0.15, 0.2) is 29.1 Å². The van der Waals surface area contributed by atoms with Gasteiger partial charge in [0, 0.05) is 29.1 Å². The molecule has 2 aliphatic rings. The molecule has 3 aromatic rings. The molecule has 0 radical (unpaired) electrons. The summed E-state index contributed by atoms with van der Waals surface area (Å²) in [5.41, 5.74) is 4.60. The van der Waals surface area contributed by atoms with E-state index < -0.39 is 0 Å². The molecule has 166 valence electrons. The number of anilines is 1. The summed E-state index contributed by atoms with van der Waals surface area (Å²) in [5.74, 6) is 1.51. The van der Waals surface area contributed by atoms with Crippen molar-refractivity contribution in [2.75, 3.05) is 12.1 Å². The second-order valence-corrected chi connectivity index (χ2v) is 9.12. The minimum Gasteiger partial charge on any atom is -0.454 e. The Kier molecular flexibility index (Phi) is 5.57. The number of aryl methyl sites for hydroxylation is 3. The second-order valence-electron chi connectivity index (χ2n) is 8.03. The van der Waals surface area contributed by atoms with E-state index in [1.54, 1.807) is 0 Å². The molecule has 0 atom stereocenters. The first kappa shape index (κ1) is 20.6. The summed E-state index contributed by atoms with van der Waals surface area (Å²) in [4.78, 5) is 33.2. The summed E-state index contributed by atoms with van der Waals surface area (Å²) >= 11 is 1.44. The van der Waals surface area contributed by atoms with E-state index >= 15 is 0 Å². The number of nitrogens with zero attached hydrogens (tertiary/aromatic N) is 1. The van der Waals surface area contributed by atoms with Gasteiger partial charge in [-0.05, 0) is 61.9 Å². The van der Waals surface area contributed by atoms with E-state index in [1.165, 1.54) is 16.9 Å². The normalized spacial score (nSPS) is 14.2. The first-order valence-corrected chi connectivity index (χ1v) is 11.5. The fourth-order valence-corrected chi connectivity index (χ4v) is 5.05. The lowest BCUT2D eigenvalue weighted by molar-refractivity contribution is 0.174. The predicted octanol–water partition coefficient (Wildman–Crippen LogP) is 3.66. The van der Waals surface area contributed by atoms with E-state index in [2.05, 4.69) is 20.6 Å². The Morgan fingerprint density at radius 2 is 2.03 bits per heavy atom. The first-order chi connectivity index (χ1) is 15.5. The van der Waals surface area contributed by atoms with Gasteiger partial charge in [0.25, 0.3) is 5.56 Å². The topological polar surface area (TPSA) is 105 Å². The number of carbonyl (C=O) groups is 1. The van der Waals surface area contributed by atoms with Crippen molar-refractivity contribution in [2.45, 2.75) is 45.6 Å². The van der Waals surface area contributed by atoms with Crippen molar-refractivity contribution in [3.05, 3.63) is 67.6 Å². The van der Waals surface area contributed by atoms with Gasteiger partial charge in [0.15, 0.2) is 16.6 Å². The van der Waals surface area contributed by atoms with E-state index in [1.807, 2.05) is 31.2 Å². The predicted molar refractivity (Wildman–Crippen MR) is 122 cm³/mol. The fraction of sp³-hybridized carbons (Fsp3) is 0.348. The molecule has 0 saturated carbocycles. The van der Waals surface area contributed by atoms with Gasteiger partial charge in [-0.2, -0.15) is 0 Å². The average Bonchev–Trinajstić information content (AvgIpc) is 3.38. The third kappa shape index (κ3) is 4.34.